The molecule has 12 nitrogen and oxygen atoms in total. The number of methoxy groups -OCH3 is 1. The Bertz CT molecular complexity index is 2230. The number of nitrogens with one attached hydrogen (secondary N) is 2. The number of amides is 4. The summed E-state index contributed by atoms with van der Waals surface area (Å²) in [6.45, 7) is 1.75. The van der Waals surface area contributed by atoms with Gasteiger partial charge in [0.1, 0.15) is 0 Å². The number of rotatable bonds is 4. The second-order valence-electron chi connectivity index (χ2n) is 14.0. The van der Waals surface area contributed by atoms with Gasteiger partial charge in [0.15, 0.2) is 0 Å². The topological polar surface area (TPSA) is 162 Å². The highest BCUT2D eigenvalue weighted by Gasteiger charge is 2.50. The lowest BCUT2D eigenvalue weighted by molar-refractivity contribution is -0.123. The summed E-state index contributed by atoms with van der Waals surface area (Å²) >= 11 is 11.8. The molecule has 4 amide bonds. The molecule has 8 rings (SSSR count). The van der Waals surface area contributed by atoms with Crippen molar-refractivity contribution in [1.29, 1.82) is 0 Å². The van der Waals surface area contributed by atoms with E-state index in [2.05, 4.69) is 10.6 Å². The fourth-order valence-electron chi connectivity index (χ4n) is 7.93. The molecule has 0 aromatic heterocycles. The van der Waals surface area contributed by atoms with Crippen LogP contribution in [0.5, 0.6) is 0 Å². The fourth-order valence-corrected chi connectivity index (χ4v) is 8.18. The van der Waals surface area contributed by atoms with Crippen LogP contribution >= 0.6 is 23.2 Å². The summed E-state index contributed by atoms with van der Waals surface area (Å²) in [5, 5.41) is 16.2. The first-order chi connectivity index (χ1) is 26.3. The molecule has 55 heavy (non-hydrogen) atoms. The van der Waals surface area contributed by atoms with Crippen LogP contribution in [0, 0.1) is 0 Å². The monoisotopic (exact) mass is 782 g/mol. The maximum absolute atomic E-state index is 12.8. The molecule has 0 saturated carbocycles. The van der Waals surface area contributed by atoms with Crippen molar-refractivity contribution in [3.8, 4) is 0 Å². The molecule has 0 aliphatic carbocycles. The average Bonchev–Trinajstić information content (AvgIpc) is 3.62. The molecule has 0 unspecified atom stereocenters. The molecule has 4 heterocycles. The lowest BCUT2D eigenvalue weighted by atomic mass is 9.73. The van der Waals surface area contributed by atoms with E-state index < -0.39 is 22.8 Å². The Balaban J connectivity index is 0.000000169. The van der Waals surface area contributed by atoms with Gasteiger partial charge in [-0.15, -0.1) is 0 Å². The van der Waals surface area contributed by atoms with Gasteiger partial charge in [0.05, 0.1) is 29.1 Å². The summed E-state index contributed by atoms with van der Waals surface area (Å²) in [5.41, 5.74) is 3.08. The van der Waals surface area contributed by atoms with Crippen LogP contribution in [-0.2, 0) is 25.2 Å². The first kappa shape index (κ1) is 37.6. The van der Waals surface area contributed by atoms with E-state index in [4.69, 9.17) is 27.9 Å². The van der Waals surface area contributed by atoms with Crippen molar-refractivity contribution in [2.75, 3.05) is 43.9 Å². The van der Waals surface area contributed by atoms with E-state index in [0.29, 0.717) is 89.8 Å². The van der Waals surface area contributed by atoms with Gasteiger partial charge in [-0.25, -0.2) is 9.59 Å². The minimum absolute atomic E-state index is 0.0755. The number of ether oxygens (including phenoxy) is 1. The number of carboxylic acids is 1. The molecule has 0 atom stereocenters. The van der Waals surface area contributed by atoms with Crippen molar-refractivity contribution in [1.82, 2.24) is 9.80 Å². The van der Waals surface area contributed by atoms with Crippen LogP contribution < -0.4 is 10.6 Å². The Labute approximate surface area is 326 Å². The largest absolute Gasteiger partial charge is 0.478 e. The maximum atomic E-state index is 12.8. The highest BCUT2D eigenvalue weighted by Crippen LogP contribution is 2.47. The first-order valence-electron chi connectivity index (χ1n) is 17.7. The van der Waals surface area contributed by atoms with Gasteiger partial charge in [0.25, 0.3) is 11.8 Å². The minimum atomic E-state index is -1.03. The van der Waals surface area contributed by atoms with E-state index in [0.717, 1.165) is 11.3 Å². The predicted octanol–water partition coefficient (Wildman–Crippen LogP) is 6.42. The lowest BCUT2D eigenvalue weighted by Gasteiger charge is -2.38. The predicted molar refractivity (Wildman–Crippen MR) is 205 cm³/mol. The van der Waals surface area contributed by atoms with Crippen molar-refractivity contribution in [2.45, 2.75) is 36.5 Å². The molecule has 4 aromatic rings. The van der Waals surface area contributed by atoms with E-state index in [1.807, 2.05) is 0 Å². The number of halogens is 2. The molecule has 14 heteroatoms. The number of nitrogens with zero attached hydrogens (tertiary/aromatic N) is 2. The number of likely N-dealkylation sites (tertiary alicyclic amines) is 2. The third-order valence-corrected chi connectivity index (χ3v) is 11.6. The van der Waals surface area contributed by atoms with Gasteiger partial charge in [-0.1, -0.05) is 23.2 Å². The third kappa shape index (κ3) is 6.92. The van der Waals surface area contributed by atoms with E-state index in [9.17, 15) is 33.9 Å². The Morgan fingerprint density at radius 2 is 0.964 bits per heavy atom. The van der Waals surface area contributed by atoms with Crippen molar-refractivity contribution in [2.24, 2.45) is 0 Å². The number of esters is 1. The number of carbonyl (C=O) groups excluding carboxylic acids is 5. The zero-order valence-electron chi connectivity index (χ0n) is 29.7. The van der Waals surface area contributed by atoms with Crippen molar-refractivity contribution in [3.05, 3.63) is 128 Å². The molecular formula is C41H36Cl2N4O8. The van der Waals surface area contributed by atoms with Crippen LogP contribution in [0.15, 0.2) is 84.9 Å². The first-order valence-corrected chi connectivity index (χ1v) is 18.4. The van der Waals surface area contributed by atoms with Crippen molar-refractivity contribution in [3.63, 3.8) is 0 Å². The van der Waals surface area contributed by atoms with Gasteiger partial charge < -0.3 is 30.3 Å². The summed E-state index contributed by atoms with van der Waals surface area (Å²) in [6, 6.07) is 23.3. The summed E-state index contributed by atoms with van der Waals surface area (Å²) in [5.74, 6) is -1.84. The SMILES string of the molecule is COC(=O)c1ccc2c(c1)C1(CCN(C(=O)c3ccc(Cl)cc3)CC1)C(=O)N2.O=C(O)c1ccc2c(c1)C1(CCN(C(=O)c3ccc(Cl)cc3)CC1)C(=O)N2. The Kier molecular flexibility index (Phi) is 10.1. The zero-order valence-corrected chi connectivity index (χ0v) is 31.2. The number of aromatic carboxylic acids is 1. The lowest BCUT2D eigenvalue weighted by Crippen LogP contribution is -2.48. The zero-order chi connectivity index (χ0) is 39.1. The van der Waals surface area contributed by atoms with E-state index in [-0.39, 0.29) is 29.2 Å². The number of piperidine rings is 2. The minimum Gasteiger partial charge on any atom is -0.478 e. The quantitative estimate of drug-likeness (QED) is 0.200. The highest BCUT2D eigenvalue weighted by atomic mass is 35.5. The molecule has 0 bridgehead atoms. The Morgan fingerprint density at radius 3 is 1.35 bits per heavy atom. The number of carbonyl (C=O) groups is 6. The number of carboxylic acid groups (broad SMARTS) is 1. The van der Waals surface area contributed by atoms with Crippen LogP contribution in [-0.4, -0.2) is 83.8 Å². The van der Waals surface area contributed by atoms with Gasteiger partial charge in [-0.05, 0) is 122 Å². The summed E-state index contributed by atoms with van der Waals surface area (Å²) in [6.07, 6.45) is 1.90. The summed E-state index contributed by atoms with van der Waals surface area (Å²) in [7, 11) is 1.33. The molecule has 4 aromatic carbocycles. The van der Waals surface area contributed by atoms with Gasteiger partial charge in [0.2, 0.25) is 11.8 Å². The van der Waals surface area contributed by atoms with Gasteiger partial charge in [0, 0.05) is 58.7 Å². The molecule has 2 fully saturated rings. The van der Waals surface area contributed by atoms with E-state index >= 15 is 0 Å². The molecule has 3 N–H and O–H groups in total. The number of anilines is 2. The van der Waals surface area contributed by atoms with Crippen LogP contribution in [0.4, 0.5) is 11.4 Å². The number of hydrogen-bond acceptors (Lipinski definition) is 7. The normalized spacial score (nSPS) is 17.4. The molecular weight excluding hydrogens is 747 g/mol. The molecule has 4 aliphatic heterocycles. The summed E-state index contributed by atoms with van der Waals surface area (Å²) < 4.78 is 4.80. The molecule has 2 saturated heterocycles. The van der Waals surface area contributed by atoms with E-state index in [1.54, 1.807) is 88.7 Å². The van der Waals surface area contributed by atoms with Crippen LogP contribution in [0.2, 0.25) is 10.0 Å². The highest BCUT2D eigenvalue weighted by molar-refractivity contribution is 6.31. The van der Waals surface area contributed by atoms with Crippen molar-refractivity contribution < 1.29 is 38.6 Å². The number of hydrogen-bond donors (Lipinski definition) is 3. The van der Waals surface area contributed by atoms with Crippen LogP contribution in [0.1, 0.15) is 78.2 Å². The number of benzene rings is 4. The van der Waals surface area contributed by atoms with Crippen LogP contribution in [0.3, 0.4) is 0 Å². The Hall–Kier alpha value is -5.72. The van der Waals surface area contributed by atoms with Crippen LogP contribution in [0.25, 0.3) is 0 Å². The van der Waals surface area contributed by atoms with Gasteiger partial charge in [-0.2, -0.15) is 0 Å². The molecule has 0 radical (unpaired) electrons. The van der Waals surface area contributed by atoms with Gasteiger partial charge in [-0.3, -0.25) is 19.2 Å². The van der Waals surface area contributed by atoms with Gasteiger partial charge >= 0.3 is 11.9 Å². The molecule has 2 spiro atoms. The molecule has 282 valence electrons. The molecule has 4 aliphatic rings. The second kappa shape index (κ2) is 14.8. The van der Waals surface area contributed by atoms with Crippen molar-refractivity contribution >= 4 is 70.1 Å². The second-order valence-corrected chi connectivity index (χ2v) is 14.9. The smallest absolute Gasteiger partial charge is 0.337 e. The fraction of sp³-hybridized carbons (Fsp3) is 0.268. The number of fused-ring (bicyclic) bond motifs is 4. The van der Waals surface area contributed by atoms with E-state index in [1.165, 1.54) is 13.2 Å². The maximum Gasteiger partial charge on any atom is 0.337 e. The standard InChI is InChI=1S/C21H19ClN2O4.C20H17ClN2O4/c1-28-19(26)14-4-7-17-16(12-14)21(20(27)23-17)8-10-24(11-9-21)18(25)13-2-5-15(22)6-3-13;21-14-4-1-12(2-5-14)17(24)23-9-7-20(8-10-23)15-11-13(18(25)26)3-6-16(15)22-19(20)27/h2-7,12H,8-11H2,1H3,(H,23,27);1-6,11H,7-10H2,(H,22,27)(H,25,26). The summed E-state index contributed by atoms with van der Waals surface area (Å²) in [4.78, 5) is 77.6. The third-order valence-electron chi connectivity index (χ3n) is 11.1. The Morgan fingerprint density at radius 1 is 0.600 bits per heavy atom. The average molecular weight is 784 g/mol.